The van der Waals surface area contributed by atoms with Crippen LogP contribution in [0.2, 0.25) is 0 Å². The number of rotatable bonds is 10. The number of para-hydroxylation sites is 2. The number of unbranched alkanes of at least 4 members (excludes halogenated alkanes) is 1. The van der Waals surface area contributed by atoms with Gasteiger partial charge in [0.25, 0.3) is 0 Å². The maximum Gasteiger partial charge on any atom is 0.120 e. The Hall–Kier alpha value is -4.39. The molecule has 0 saturated heterocycles. The zero-order chi connectivity index (χ0) is 32.6. The summed E-state index contributed by atoms with van der Waals surface area (Å²) in [5, 5.41) is 0. The number of hydrogen-bond acceptors (Lipinski definition) is 6. The normalized spacial score (nSPS) is 13.9. The van der Waals surface area contributed by atoms with Crippen LogP contribution in [0, 0.1) is 31.5 Å². The van der Waals surface area contributed by atoms with E-state index < -0.39 is 0 Å². The van der Waals surface area contributed by atoms with Crippen molar-refractivity contribution in [2.75, 3.05) is 22.9 Å². The van der Waals surface area contributed by atoms with Gasteiger partial charge in [-0.1, -0.05) is 27.7 Å². The molecular weight excluding hydrogens is 771 g/mol. The van der Waals surface area contributed by atoms with E-state index in [4.69, 9.17) is 4.98 Å². The summed E-state index contributed by atoms with van der Waals surface area (Å²) in [6, 6.07) is 33.7. The maximum atomic E-state index is 4.89. The largest absolute Gasteiger partial charge is 0.508 e. The molecule has 0 spiro atoms. The molecule has 2 aliphatic heterocycles. The zero-order valence-corrected chi connectivity index (χ0v) is 30.4. The molecule has 2 aromatic heterocycles. The van der Waals surface area contributed by atoms with Crippen molar-refractivity contribution in [3.05, 3.63) is 153 Å². The van der Waals surface area contributed by atoms with Crippen LogP contribution in [-0.4, -0.2) is 37.3 Å². The van der Waals surface area contributed by atoms with Crippen molar-refractivity contribution in [2.45, 2.75) is 52.4 Å². The third-order valence-corrected chi connectivity index (χ3v) is 8.07. The molecule has 0 unspecified atom stereocenters. The third-order valence-electron chi connectivity index (χ3n) is 8.07. The monoisotopic (exact) mass is 813 g/mol. The van der Waals surface area contributed by atoms with E-state index in [-0.39, 0.29) is 20.1 Å². The van der Waals surface area contributed by atoms with Gasteiger partial charge in [-0.05, 0) is 62.6 Å². The molecule has 0 fully saturated rings. The summed E-state index contributed by atoms with van der Waals surface area (Å²) in [6.45, 7) is 15.1. The Morgan fingerprint density at radius 3 is 1.73 bits per heavy atom. The van der Waals surface area contributed by atoms with Crippen LogP contribution in [0.15, 0.2) is 110 Å². The summed E-state index contributed by atoms with van der Waals surface area (Å²) in [6.07, 6.45) is 14.5. The first kappa shape index (κ1) is 34.9. The van der Waals surface area contributed by atoms with E-state index in [9.17, 15) is 0 Å². The first-order chi connectivity index (χ1) is 23.0. The Morgan fingerprint density at radius 1 is 0.688 bits per heavy atom. The van der Waals surface area contributed by atoms with Gasteiger partial charge in [-0.3, -0.25) is 4.98 Å². The second kappa shape index (κ2) is 16.6. The van der Waals surface area contributed by atoms with Crippen molar-refractivity contribution >= 4 is 17.0 Å². The van der Waals surface area contributed by atoms with Gasteiger partial charge < -0.3 is 24.0 Å². The summed E-state index contributed by atoms with van der Waals surface area (Å²) >= 11 is 0. The summed E-state index contributed by atoms with van der Waals surface area (Å²) in [7, 11) is 0. The molecule has 0 aliphatic carbocycles. The van der Waals surface area contributed by atoms with Gasteiger partial charge in [0.1, 0.15) is 5.65 Å². The minimum atomic E-state index is 0. The van der Waals surface area contributed by atoms with Gasteiger partial charge in [-0.25, -0.2) is 4.98 Å². The molecule has 7 nitrogen and oxygen atoms in total. The molecule has 0 N–H and O–H groups in total. The van der Waals surface area contributed by atoms with Crippen molar-refractivity contribution in [3.63, 3.8) is 0 Å². The number of benzene rings is 3. The molecule has 0 amide bonds. The van der Waals surface area contributed by atoms with Gasteiger partial charge >= 0.3 is 0 Å². The Kier molecular flexibility index (Phi) is 12.1. The second-order valence-corrected chi connectivity index (χ2v) is 12.3. The van der Waals surface area contributed by atoms with Crippen molar-refractivity contribution in [1.29, 1.82) is 0 Å². The van der Waals surface area contributed by atoms with E-state index in [1.165, 1.54) is 5.69 Å². The summed E-state index contributed by atoms with van der Waals surface area (Å²) < 4.78 is 2.18. The van der Waals surface area contributed by atoms with E-state index >= 15 is 0 Å². The smallest absolute Gasteiger partial charge is 0.120 e. The Labute approximate surface area is 299 Å². The average Bonchev–Trinajstić information content (AvgIpc) is 3.87. The van der Waals surface area contributed by atoms with Crippen molar-refractivity contribution in [3.8, 4) is 11.3 Å². The van der Waals surface area contributed by atoms with E-state index in [1.54, 1.807) is 0 Å². The van der Waals surface area contributed by atoms with Crippen LogP contribution >= 0.6 is 0 Å². The summed E-state index contributed by atoms with van der Waals surface area (Å²) in [5.41, 5.74) is 7.38. The van der Waals surface area contributed by atoms with Gasteiger partial charge in [-0.2, -0.15) is 74.0 Å². The van der Waals surface area contributed by atoms with Crippen LogP contribution < -0.4 is 9.80 Å². The third kappa shape index (κ3) is 8.36. The number of anilines is 2. The fourth-order valence-corrected chi connectivity index (χ4v) is 5.76. The Balaban J connectivity index is 0.000000188. The fraction of sp³-hybridized carbons (Fsp3) is 0.250. The predicted octanol–water partition coefficient (Wildman–Crippen LogP) is 8.63. The second-order valence-electron chi connectivity index (χ2n) is 12.3. The topological polar surface area (TPSA) is 43.2 Å². The van der Waals surface area contributed by atoms with E-state index in [0.717, 1.165) is 59.9 Å². The number of fused-ring (bicyclic) bond motifs is 1. The molecule has 1 radical (unpaired) electrons. The number of aromatic nitrogens is 3. The first-order valence-electron chi connectivity index (χ1n) is 16.4. The molecule has 2 aliphatic rings. The standard InChI is InChI=1S/C22H22N4.C18H20N3.Ir/c1-3-9-21(10-4-1)25-17-15-23(19-25)13-7-8-14-24-16-18-26(20-24)22-11-5-2-6-12-22;1-12(2)15-17(13(3)4)21-11-10-19-16(18(21)20-15)14-8-6-5-7-9-14;/h1-6,9,11,15-20H,7-8,13-14H2;5-8,10-13H,1-4H3;/q-4;-1;. The molecule has 4 heterocycles. The molecule has 5 aromatic rings. The average molecular weight is 813 g/mol. The molecule has 0 bridgehead atoms. The number of imidazole rings is 1. The number of hydrogen-bond donors (Lipinski definition) is 0. The minimum Gasteiger partial charge on any atom is -0.508 e. The Bertz CT molecular complexity index is 1700. The first-order valence-corrected chi connectivity index (χ1v) is 16.4. The summed E-state index contributed by atoms with van der Waals surface area (Å²) in [5.74, 6) is 0.822. The van der Waals surface area contributed by atoms with E-state index in [2.05, 4.69) is 125 Å². The Morgan fingerprint density at radius 2 is 1.25 bits per heavy atom. The molecule has 0 atom stereocenters. The van der Waals surface area contributed by atoms with Crippen LogP contribution in [0.3, 0.4) is 0 Å². The summed E-state index contributed by atoms with van der Waals surface area (Å²) in [4.78, 5) is 18.1. The van der Waals surface area contributed by atoms with Crippen LogP contribution in [0.25, 0.3) is 16.9 Å². The van der Waals surface area contributed by atoms with Crippen LogP contribution in [0.5, 0.6) is 0 Å². The predicted molar refractivity (Wildman–Crippen MR) is 190 cm³/mol. The minimum absolute atomic E-state index is 0. The van der Waals surface area contributed by atoms with Crippen molar-refractivity contribution in [1.82, 2.24) is 24.2 Å². The van der Waals surface area contributed by atoms with Gasteiger partial charge in [0, 0.05) is 43.9 Å². The molecule has 7 rings (SSSR count). The van der Waals surface area contributed by atoms with Crippen molar-refractivity contribution in [2.24, 2.45) is 0 Å². The molecule has 8 heteroatoms. The van der Waals surface area contributed by atoms with Gasteiger partial charge in [0.2, 0.25) is 0 Å². The van der Waals surface area contributed by atoms with Crippen LogP contribution in [-0.2, 0) is 20.1 Å². The molecule has 0 saturated carbocycles. The van der Waals surface area contributed by atoms with Crippen LogP contribution in [0.1, 0.15) is 63.8 Å². The van der Waals surface area contributed by atoms with Gasteiger partial charge in [0.05, 0.1) is 5.69 Å². The van der Waals surface area contributed by atoms with Crippen molar-refractivity contribution < 1.29 is 20.1 Å². The molecular formula is C40H42IrN7-5. The maximum absolute atomic E-state index is 4.89. The van der Waals surface area contributed by atoms with Gasteiger partial charge in [-0.15, -0.1) is 47.3 Å². The number of nitrogens with zero attached hydrogens (tertiary/aromatic N) is 7. The molecule has 251 valence electrons. The SMILES string of the molecule is CC(C)c1nc2c(-c3[c-]cccc3)nccn2c1C(C)C.[Ir].[c-]1ccccc1N1C=CN(CCCCN2C=CN(c3[c-]cccc3)[CH-]2)[CH-]1. The van der Waals surface area contributed by atoms with E-state index in [0.29, 0.717) is 11.8 Å². The fourth-order valence-electron chi connectivity index (χ4n) is 5.76. The van der Waals surface area contributed by atoms with Crippen LogP contribution in [0.4, 0.5) is 11.4 Å². The quantitative estimate of drug-likeness (QED) is 0.104. The zero-order valence-electron chi connectivity index (χ0n) is 28.0. The van der Waals surface area contributed by atoms with E-state index in [1.807, 2.05) is 73.1 Å². The van der Waals surface area contributed by atoms with Gasteiger partial charge in [0.15, 0.2) is 0 Å². The molecule has 48 heavy (non-hydrogen) atoms. The molecule has 3 aromatic carbocycles.